The highest BCUT2D eigenvalue weighted by molar-refractivity contribution is 5.85. The monoisotopic (exact) mass is 323 g/mol. The van der Waals surface area contributed by atoms with E-state index in [1.54, 1.807) is 0 Å². The Bertz CT molecular complexity index is 515. The Morgan fingerprint density at radius 2 is 1.95 bits per heavy atom. The van der Waals surface area contributed by atoms with E-state index in [0.717, 1.165) is 32.7 Å². The summed E-state index contributed by atoms with van der Waals surface area (Å²) in [5.74, 6) is 0.250. The maximum Gasteiger partial charge on any atom is 0.236 e. The molecule has 0 spiro atoms. The number of likely N-dealkylation sites (N-methyl/N-ethyl adjacent to an activating group) is 1. The third-order valence-electron chi connectivity index (χ3n) is 4.49. The van der Waals surface area contributed by atoms with Crippen LogP contribution < -0.4 is 5.32 Å². The number of carbonyl (C=O) groups is 1. The third-order valence-corrected chi connectivity index (χ3v) is 4.49. The molecule has 2 aliphatic rings. The Morgan fingerprint density at radius 1 is 1.23 bits per heavy atom. The molecule has 1 aromatic rings. The molecule has 5 heteroatoms. The van der Waals surface area contributed by atoms with Gasteiger partial charge in [0.05, 0.1) is 6.54 Å². The molecule has 1 saturated heterocycles. The summed E-state index contributed by atoms with van der Waals surface area (Å²) in [6.45, 7) is 4.87. The van der Waals surface area contributed by atoms with Crippen molar-refractivity contribution in [2.24, 2.45) is 0 Å². The van der Waals surface area contributed by atoms with Crippen LogP contribution in [0.3, 0.4) is 0 Å². The van der Waals surface area contributed by atoms with Crippen molar-refractivity contribution in [3.63, 3.8) is 0 Å². The van der Waals surface area contributed by atoms with Crippen LogP contribution in [0.25, 0.3) is 0 Å². The Morgan fingerprint density at radius 3 is 2.73 bits per heavy atom. The van der Waals surface area contributed by atoms with Crippen molar-refractivity contribution in [1.82, 2.24) is 15.1 Å². The van der Waals surface area contributed by atoms with Crippen molar-refractivity contribution in [3.05, 3.63) is 34.9 Å². The summed E-state index contributed by atoms with van der Waals surface area (Å²) >= 11 is 0. The first-order valence-corrected chi connectivity index (χ1v) is 8.00. The molecule has 1 aliphatic heterocycles. The number of rotatable bonds is 4. The van der Waals surface area contributed by atoms with Crippen molar-refractivity contribution in [2.45, 2.75) is 25.8 Å². The standard InChI is InChI=1S/C17H25N3O.ClH/c1-19(13-17(21)20-9-7-18-8-10-20)12-14-5-6-15-3-2-4-16(15)11-14;/h5-6,11,18H,2-4,7-10,12-13H2,1H3;1H. The molecule has 1 aliphatic carbocycles. The van der Waals surface area contributed by atoms with Gasteiger partial charge in [-0.05, 0) is 43.0 Å². The molecule has 1 N–H and O–H groups in total. The van der Waals surface area contributed by atoms with Gasteiger partial charge in [0.2, 0.25) is 5.91 Å². The average Bonchev–Trinajstić information content (AvgIpc) is 2.95. The van der Waals surface area contributed by atoms with Crippen molar-refractivity contribution in [3.8, 4) is 0 Å². The second-order valence-corrected chi connectivity index (χ2v) is 6.26. The average molecular weight is 324 g/mol. The van der Waals surface area contributed by atoms with Gasteiger partial charge < -0.3 is 10.2 Å². The number of hydrogen-bond donors (Lipinski definition) is 1. The lowest BCUT2D eigenvalue weighted by atomic mass is 10.1. The topological polar surface area (TPSA) is 35.6 Å². The fourth-order valence-electron chi connectivity index (χ4n) is 3.34. The predicted octanol–water partition coefficient (Wildman–Crippen LogP) is 1.46. The zero-order valence-electron chi connectivity index (χ0n) is 13.3. The lowest BCUT2D eigenvalue weighted by Gasteiger charge is -2.29. The second-order valence-electron chi connectivity index (χ2n) is 6.26. The van der Waals surface area contributed by atoms with E-state index >= 15 is 0 Å². The number of amides is 1. The minimum atomic E-state index is 0. The first-order chi connectivity index (χ1) is 10.2. The van der Waals surface area contributed by atoms with Crippen LogP contribution in [0.4, 0.5) is 0 Å². The lowest BCUT2D eigenvalue weighted by Crippen LogP contribution is -2.49. The van der Waals surface area contributed by atoms with Crippen LogP contribution in [0, 0.1) is 0 Å². The highest BCUT2D eigenvalue weighted by atomic mass is 35.5. The SMILES string of the molecule is CN(CC(=O)N1CCNCC1)Cc1ccc2c(c1)CCC2.Cl. The van der Waals surface area contributed by atoms with Gasteiger partial charge in [-0.15, -0.1) is 12.4 Å². The Hall–Kier alpha value is -1.10. The normalized spacial score (nSPS) is 17.3. The summed E-state index contributed by atoms with van der Waals surface area (Å²) in [5, 5.41) is 3.28. The zero-order valence-corrected chi connectivity index (χ0v) is 14.1. The predicted molar refractivity (Wildman–Crippen MR) is 91.5 cm³/mol. The molecule has 0 radical (unpaired) electrons. The van der Waals surface area contributed by atoms with E-state index in [1.807, 2.05) is 11.9 Å². The maximum atomic E-state index is 12.2. The number of nitrogens with zero attached hydrogens (tertiary/aromatic N) is 2. The summed E-state index contributed by atoms with van der Waals surface area (Å²) in [6.07, 6.45) is 3.73. The second kappa shape index (κ2) is 7.95. The molecule has 1 fully saturated rings. The molecule has 1 aromatic carbocycles. The molecule has 0 saturated carbocycles. The van der Waals surface area contributed by atoms with Gasteiger partial charge in [0.25, 0.3) is 0 Å². The highest BCUT2D eigenvalue weighted by Crippen LogP contribution is 2.23. The summed E-state index contributed by atoms with van der Waals surface area (Å²) in [7, 11) is 2.04. The molecule has 0 aromatic heterocycles. The van der Waals surface area contributed by atoms with Crippen LogP contribution in [0.2, 0.25) is 0 Å². The molecule has 0 unspecified atom stereocenters. The van der Waals surface area contributed by atoms with E-state index in [9.17, 15) is 4.79 Å². The van der Waals surface area contributed by atoms with Crippen molar-refractivity contribution < 1.29 is 4.79 Å². The third kappa shape index (κ3) is 4.22. The van der Waals surface area contributed by atoms with E-state index < -0.39 is 0 Å². The Kier molecular flexibility index (Phi) is 6.24. The Labute approximate surface area is 139 Å². The molecule has 0 bridgehead atoms. The largest absolute Gasteiger partial charge is 0.339 e. The minimum absolute atomic E-state index is 0. The quantitative estimate of drug-likeness (QED) is 0.911. The zero-order chi connectivity index (χ0) is 14.7. The fraction of sp³-hybridized carbons (Fsp3) is 0.588. The van der Waals surface area contributed by atoms with Crippen LogP contribution in [0.1, 0.15) is 23.1 Å². The molecule has 22 heavy (non-hydrogen) atoms. The van der Waals surface area contributed by atoms with E-state index in [-0.39, 0.29) is 18.3 Å². The van der Waals surface area contributed by atoms with Gasteiger partial charge in [-0.1, -0.05) is 18.2 Å². The minimum Gasteiger partial charge on any atom is -0.339 e. The summed E-state index contributed by atoms with van der Waals surface area (Å²) in [4.78, 5) is 16.3. The molecule has 1 amide bonds. The lowest BCUT2D eigenvalue weighted by molar-refractivity contribution is -0.132. The van der Waals surface area contributed by atoms with E-state index in [1.165, 1.54) is 36.0 Å². The molecular formula is C17H26ClN3O. The van der Waals surface area contributed by atoms with Gasteiger partial charge >= 0.3 is 0 Å². The van der Waals surface area contributed by atoms with Gasteiger partial charge in [-0.2, -0.15) is 0 Å². The van der Waals surface area contributed by atoms with Gasteiger partial charge in [-0.3, -0.25) is 9.69 Å². The van der Waals surface area contributed by atoms with E-state index in [0.29, 0.717) is 6.54 Å². The van der Waals surface area contributed by atoms with E-state index in [4.69, 9.17) is 0 Å². The summed E-state index contributed by atoms with van der Waals surface area (Å²) in [5.41, 5.74) is 4.35. The number of aryl methyl sites for hydroxylation is 2. The number of benzene rings is 1. The Balaban J connectivity index is 0.00000176. The number of nitrogens with one attached hydrogen (secondary N) is 1. The number of hydrogen-bond acceptors (Lipinski definition) is 3. The first-order valence-electron chi connectivity index (χ1n) is 8.00. The molecular weight excluding hydrogens is 298 g/mol. The smallest absolute Gasteiger partial charge is 0.236 e. The summed E-state index contributed by atoms with van der Waals surface area (Å²) in [6, 6.07) is 6.81. The molecule has 1 heterocycles. The van der Waals surface area contributed by atoms with Crippen LogP contribution in [-0.2, 0) is 24.2 Å². The van der Waals surface area contributed by atoms with Crippen LogP contribution in [0.15, 0.2) is 18.2 Å². The van der Waals surface area contributed by atoms with Crippen molar-refractivity contribution in [2.75, 3.05) is 39.8 Å². The van der Waals surface area contributed by atoms with Gasteiger partial charge in [0.15, 0.2) is 0 Å². The first kappa shape index (κ1) is 17.3. The van der Waals surface area contributed by atoms with Crippen molar-refractivity contribution >= 4 is 18.3 Å². The summed E-state index contributed by atoms with van der Waals surface area (Å²) < 4.78 is 0. The highest BCUT2D eigenvalue weighted by Gasteiger charge is 2.18. The van der Waals surface area contributed by atoms with Crippen LogP contribution in [-0.4, -0.2) is 55.5 Å². The van der Waals surface area contributed by atoms with Gasteiger partial charge in [0.1, 0.15) is 0 Å². The molecule has 0 atom stereocenters. The van der Waals surface area contributed by atoms with E-state index in [2.05, 4.69) is 28.4 Å². The fourth-order valence-corrected chi connectivity index (χ4v) is 3.34. The number of piperazine rings is 1. The van der Waals surface area contributed by atoms with Crippen LogP contribution >= 0.6 is 12.4 Å². The molecule has 3 rings (SSSR count). The molecule has 122 valence electrons. The number of halogens is 1. The van der Waals surface area contributed by atoms with Crippen LogP contribution in [0.5, 0.6) is 0 Å². The molecule has 4 nitrogen and oxygen atoms in total. The van der Waals surface area contributed by atoms with Crippen molar-refractivity contribution in [1.29, 1.82) is 0 Å². The van der Waals surface area contributed by atoms with Gasteiger partial charge in [0, 0.05) is 32.7 Å². The number of fused-ring (bicyclic) bond motifs is 1. The van der Waals surface area contributed by atoms with Gasteiger partial charge in [-0.25, -0.2) is 0 Å². The number of carbonyl (C=O) groups excluding carboxylic acids is 1. The maximum absolute atomic E-state index is 12.2.